The maximum atomic E-state index is 13.2. The molecule has 3 N–H and O–H groups in total. The molecule has 1 aromatic rings. The molecule has 0 saturated carbocycles. The van der Waals surface area contributed by atoms with Crippen molar-refractivity contribution in [1.29, 1.82) is 0 Å². The monoisotopic (exact) mass is 316 g/mol. The number of nitrogens with two attached hydrogens (primary N) is 1. The molecule has 0 spiro atoms. The van der Waals surface area contributed by atoms with Gasteiger partial charge in [0.15, 0.2) is 9.84 Å². The molecular weight excluding hydrogens is 295 g/mol. The topological polar surface area (TPSA) is 89.3 Å². The lowest BCUT2D eigenvalue weighted by Crippen LogP contribution is -2.42. The fourth-order valence-corrected chi connectivity index (χ4v) is 3.36. The Bertz CT molecular complexity index is 617. The van der Waals surface area contributed by atoms with E-state index in [1.165, 1.54) is 13.0 Å². The minimum absolute atomic E-state index is 0.0716. The fourth-order valence-electron chi connectivity index (χ4n) is 1.95. The summed E-state index contributed by atoms with van der Waals surface area (Å²) in [4.78, 5) is 11.7. The second kappa shape index (κ2) is 6.89. The number of halogens is 1. The van der Waals surface area contributed by atoms with Crippen LogP contribution in [0.5, 0.6) is 0 Å². The van der Waals surface area contributed by atoms with Crippen molar-refractivity contribution < 1.29 is 17.6 Å². The first-order valence-corrected chi connectivity index (χ1v) is 8.34. The van der Waals surface area contributed by atoms with Crippen LogP contribution in [0.25, 0.3) is 0 Å². The lowest BCUT2D eigenvalue weighted by molar-refractivity contribution is -0.121. The predicted octanol–water partition coefficient (Wildman–Crippen LogP) is 1.87. The van der Waals surface area contributed by atoms with E-state index < -0.39 is 26.8 Å². The van der Waals surface area contributed by atoms with Gasteiger partial charge in [0.1, 0.15) is 11.1 Å². The highest BCUT2D eigenvalue weighted by atomic mass is 32.2. The smallest absolute Gasteiger partial charge is 0.238 e. The summed E-state index contributed by atoms with van der Waals surface area (Å²) < 4.78 is 38.0. The van der Waals surface area contributed by atoms with Crippen molar-refractivity contribution in [2.45, 2.75) is 49.8 Å². The van der Waals surface area contributed by atoms with Gasteiger partial charge in [-0.15, -0.1) is 0 Å². The Balaban J connectivity index is 3.01. The van der Waals surface area contributed by atoms with Gasteiger partial charge < -0.3 is 11.1 Å². The van der Waals surface area contributed by atoms with Crippen LogP contribution in [-0.2, 0) is 14.6 Å². The number of nitrogens with one attached hydrogen (secondary N) is 1. The molecule has 7 heteroatoms. The van der Waals surface area contributed by atoms with Gasteiger partial charge in [-0.05, 0) is 38.5 Å². The number of rotatable bonds is 6. The number of hydrogen-bond acceptors (Lipinski definition) is 4. The number of anilines is 1. The number of benzene rings is 1. The third-order valence-electron chi connectivity index (χ3n) is 3.23. The predicted molar refractivity (Wildman–Crippen MR) is 80.0 cm³/mol. The summed E-state index contributed by atoms with van der Waals surface area (Å²) in [7, 11) is -4.03. The van der Waals surface area contributed by atoms with Crippen LogP contribution in [0.1, 0.15) is 33.6 Å². The van der Waals surface area contributed by atoms with Gasteiger partial charge in [0, 0.05) is 6.04 Å². The van der Waals surface area contributed by atoms with Gasteiger partial charge >= 0.3 is 0 Å². The number of sulfone groups is 1. The van der Waals surface area contributed by atoms with E-state index in [4.69, 9.17) is 5.73 Å². The highest BCUT2D eigenvalue weighted by Crippen LogP contribution is 2.24. The Labute approximate surface area is 124 Å². The van der Waals surface area contributed by atoms with Gasteiger partial charge in [0.25, 0.3) is 0 Å². The Morgan fingerprint density at radius 1 is 1.38 bits per heavy atom. The van der Waals surface area contributed by atoms with Crippen molar-refractivity contribution >= 4 is 21.4 Å². The first-order chi connectivity index (χ1) is 9.70. The molecule has 1 amide bonds. The Kier molecular flexibility index (Phi) is 5.71. The van der Waals surface area contributed by atoms with Crippen LogP contribution in [0.15, 0.2) is 23.1 Å². The third-order valence-corrected chi connectivity index (χ3v) is 5.34. The zero-order valence-corrected chi connectivity index (χ0v) is 13.2. The van der Waals surface area contributed by atoms with Crippen LogP contribution in [0.3, 0.4) is 0 Å². The molecule has 0 bridgehead atoms. The van der Waals surface area contributed by atoms with E-state index in [0.29, 0.717) is 0 Å². The van der Waals surface area contributed by atoms with Crippen molar-refractivity contribution in [2.75, 3.05) is 5.73 Å². The average Bonchev–Trinajstić information content (AvgIpc) is 2.40. The molecule has 0 heterocycles. The fraction of sp³-hybridized carbons (Fsp3) is 0.500. The van der Waals surface area contributed by atoms with E-state index >= 15 is 0 Å². The van der Waals surface area contributed by atoms with Crippen molar-refractivity contribution in [3.63, 3.8) is 0 Å². The summed E-state index contributed by atoms with van der Waals surface area (Å²) >= 11 is 0. The second-order valence-corrected chi connectivity index (χ2v) is 7.30. The van der Waals surface area contributed by atoms with Gasteiger partial charge in [-0.1, -0.05) is 13.3 Å². The molecule has 21 heavy (non-hydrogen) atoms. The molecule has 2 unspecified atom stereocenters. The summed E-state index contributed by atoms with van der Waals surface area (Å²) in [6, 6.07) is 2.96. The van der Waals surface area contributed by atoms with Gasteiger partial charge in [-0.2, -0.15) is 0 Å². The molecule has 0 aliphatic carbocycles. The number of carbonyl (C=O) groups is 1. The first kappa shape index (κ1) is 17.4. The summed E-state index contributed by atoms with van der Waals surface area (Å²) in [6.07, 6.45) is 1.63. The Morgan fingerprint density at radius 2 is 2.00 bits per heavy atom. The average molecular weight is 316 g/mol. The highest BCUT2D eigenvalue weighted by Gasteiger charge is 2.32. The van der Waals surface area contributed by atoms with Gasteiger partial charge in [0.2, 0.25) is 5.91 Å². The zero-order chi connectivity index (χ0) is 16.2. The molecular formula is C14H21FN2O3S. The van der Waals surface area contributed by atoms with Gasteiger partial charge in [-0.3, -0.25) is 4.79 Å². The molecule has 0 aliphatic heterocycles. The van der Waals surface area contributed by atoms with E-state index in [1.807, 2.05) is 6.92 Å². The van der Waals surface area contributed by atoms with Crippen LogP contribution < -0.4 is 11.1 Å². The molecule has 0 aromatic heterocycles. The van der Waals surface area contributed by atoms with Crippen LogP contribution in [0.4, 0.5) is 10.1 Å². The van der Waals surface area contributed by atoms with E-state index in [0.717, 1.165) is 25.0 Å². The molecule has 0 aliphatic rings. The molecule has 2 atom stereocenters. The summed E-state index contributed by atoms with van der Waals surface area (Å²) in [5.74, 6) is -1.32. The lowest BCUT2D eigenvalue weighted by atomic mass is 10.2. The van der Waals surface area contributed by atoms with Crippen LogP contribution in [0.2, 0.25) is 0 Å². The number of nitrogen functional groups attached to an aromatic ring is 1. The summed E-state index contributed by atoms with van der Waals surface area (Å²) in [5.41, 5.74) is 5.51. The molecule has 118 valence electrons. The van der Waals surface area contributed by atoms with Crippen LogP contribution in [-0.4, -0.2) is 25.6 Å². The van der Waals surface area contributed by atoms with E-state index in [-0.39, 0.29) is 16.6 Å². The van der Waals surface area contributed by atoms with E-state index in [1.54, 1.807) is 6.92 Å². The minimum Gasteiger partial charge on any atom is -0.398 e. The van der Waals surface area contributed by atoms with Crippen molar-refractivity contribution in [3.05, 3.63) is 24.0 Å². The van der Waals surface area contributed by atoms with E-state index in [2.05, 4.69) is 5.32 Å². The molecule has 1 rings (SSSR count). The van der Waals surface area contributed by atoms with Crippen LogP contribution in [0, 0.1) is 5.82 Å². The Morgan fingerprint density at radius 3 is 2.57 bits per heavy atom. The minimum atomic E-state index is -4.03. The standard InChI is InChI=1S/C14H21FN2O3S/c1-4-5-9(2)17-14(18)10(3)21(19,20)13-8-11(15)6-7-12(13)16/h6-10H,4-5,16H2,1-3H3,(H,17,18). The number of amides is 1. The van der Waals surface area contributed by atoms with Crippen LogP contribution >= 0.6 is 0 Å². The second-order valence-electron chi connectivity index (χ2n) is 5.07. The van der Waals surface area contributed by atoms with Crippen molar-refractivity contribution in [1.82, 2.24) is 5.32 Å². The zero-order valence-electron chi connectivity index (χ0n) is 12.4. The van der Waals surface area contributed by atoms with E-state index in [9.17, 15) is 17.6 Å². The molecule has 0 saturated heterocycles. The molecule has 0 radical (unpaired) electrons. The van der Waals surface area contributed by atoms with Gasteiger partial charge in [-0.25, -0.2) is 12.8 Å². The molecule has 1 aromatic carbocycles. The number of carbonyl (C=O) groups excluding carboxylic acids is 1. The third kappa shape index (κ3) is 4.17. The maximum absolute atomic E-state index is 13.2. The quantitative estimate of drug-likeness (QED) is 0.784. The Hall–Kier alpha value is -1.63. The first-order valence-electron chi connectivity index (χ1n) is 6.79. The SMILES string of the molecule is CCCC(C)NC(=O)C(C)S(=O)(=O)c1cc(F)ccc1N. The lowest BCUT2D eigenvalue weighted by Gasteiger charge is -2.18. The largest absolute Gasteiger partial charge is 0.398 e. The van der Waals surface area contributed by atoms with Crippen molar-refractivity contribution in [3.8, 4) is 0 Å². The summed E-state index contributed by atoms with van der Waals surface area (Å²) in [6.45, 7) is 5.04. The van der Waals surface area contributed by atoms with Crippen molar-refractivity contribution in [2.24, 2.45) is 0 Å². The highest BCUT2D eigenvalue weighted by molar-refractivity contribution is 7.93. The maximum Gasteiger partial charge on any atom is 0.238 e. The normalized spacial score (nSPS) is 14.5. The summed E-state index contributed by atoms with van der Waals surface area (Å²) in [5, 5.41) is 1.31. The van der Waals surface area contributed by atoms with Gasteiger partial charge in [0.05, 0.1) is 10.6 Å². The number of hydrogen-bond donors (Lipinski definition) is 2. The molecule has 5 nitrogen and oxygen atoms in total. The molecule has 0 fully saturated rings.